The van der Waals surface area contributed by atoms with Crippen molar-refractivity contribution in [1.82, 2.24) is 4.98 Å². The zero-order chi connectivity index (χ0) is 16.7. The maximum atomic E-state index is 8.56. The van der Waals surface area contributed by atoms with Crippen LogP contribution >= 0.6 is 0 Å². The van der Waals surface area contributed by atoms with E-state index < -0.39 is 0 Å². The van der Waals surface area contributed by atoms with Crippen LogP contribution in [0.3, 0.4) is 0 Å². The molecule has 2 atom stereocenters. The standard InChI is InChI=1S/C15H10N.C5H12O2.Ir/c1-2-8-13-12(6-1)7-5-9-14(13)15-10-3-4-11-16-15;1-4(6)3-5(2)7;/h1-8,10-11H;4-7H,3H2,1-2H3;/q-1;;. The van der Waals surface area contributed by atoms with Crippen LogP contribution in [0, 0.1) is 6.07 Å². The molecule has 0 bridgehead atoms. The largest absolute Gasteiger partial charge is 0.393 e. The van der Waals surface area contributed by atoms with E-state index >= 15 is 0 Å². The average molecular weight is 501 g/mol. The molecule has 0 aliphatic heterocycles. The maximum Gasteiger partial charge on any atom is 0.0536 e. The van der Waals surface area contributed by atoms with Gasteiger partial charge in [0.05, 0.1) is 12.2 Å². The van der Waals surface area contributed by atoms with Gasteiger partial charge in [-0.2, -0.15) is 0 Å². The van der Waals surface area contributed by atoms with Crippen molar-refractivity contribution in [3.8, 4) is 11.3 Å². The summed E-state index contributed by atoms with van der Waals surface area (Å²) in [5.74, 6) is 0. The first-order valence-electron chi connectivity index (χ1n) is 7.75. The minimum Gasteiger partial charge on any atom is -0.393 e. The Morgan fingerprint density at radius 3 is 2.21 bits per heavy atom. The second-order valence-electron chi connectivity index (χ2n) is 5.59. The van der Waals surface area contributed by atoms with E-state index in [9.17, 15) is 0 Å². The number of aromatic nitrogens is 1. The van der Waals surface area contributed by atoms with E-state index in [1.54, 1.807) is 13.8 Å². The van der Waals surface area contributed by atoms with E-state index in [0.29, 0.717) is 6.42 Å². The van der Waals surface area contributed by atoms with Gasteiger partial charge < -0.3 is 15.2 Å². The summed E-state index contributed by atoms with van der Waals surface area (Å²) in [6.45, 7) is 3.32. The monoisotopic (exact) mass is 501 g/mol. The summed E-state index contributed by atoms with van der Waals surface area (Å²) < 4.78 is 0. The van der Waals surface area contributed by atoms with Crippen LogP contribution in [0.25, 0.3) is 22.0 Å². The van der Waals surface area contributed by atoms with Gasteiger partial charge in [0.15, 0.2) is 0 Å². The summed E-state index contributed by atoms with van der Waals surface area (Å²) in [5.41, 5.74) is 2.04. The molecule has 0 saturated heterocycles. The fourth-order valence-electron chi connectivity index (χ4n) is 2.38. The van der Waals surface area contributed by atoms with Gasteiger partial charge in [-0.15, -0.1) is 29.1 Å². The third-order valence-corrected chi connectivity index (χ3v) is 3.32. The summed E-state index contributed by atoms with van der Waals surface area (Å²) in [6, 6.07) is 21.5. The molecule has 1 heterocycles. The molecule has 0 aliphatic carbocycles. The molecule has 4 heteroatoms. The van der Waals surface area contributed by atoms with Crippen LogP contribution < -0.4 is 0 Å². The Bertz CT molecular complexity index is 719. The quantitative estimate of drug-likeness (QED) is 0.538. The zero-order valence-corrected chi connectivity index (χ0v) is 16.2. The topological polar surface area (TPSA) is 53.4 Å². The van der Waals surface area contributed by atoms with E-state index in [4.69, 9.17) is 10.2 Å². The molecule has 1 aromatic heterocycles. The van der Waals surface area contributed by atoms with Crippen LogP contribution in [-0.2, 0) is 20.1 Å². The van der Waals surface area contributed by atoms with E-state index in [1.165, 1.54) is 10.8 Å². The summed E-state index contributed by atoms with van der Waals surface area (Å²) >= 11 is 0. The molecule has 0 aliphatic rings. The molecule has 3 aromatic rings. The number of hydrogen-bond acceptors (Lipinski definition) is 3. The van der Waals surface area contributed by atoms with E-state index in [2.05, 4.69) is 29.2 Å². The van der Waals surface area contributed by atoms with Gasteiger partial charge in [-0.3, -0.25) is 0 Å². The molecule has 0 amide bonds. The van der Waals surface area contributed by atoms with Crippen molar-refractivity contribution in [2.45, 2.75) is 32.5 Å². The normalized spacial score (nSPS) is 12.5. The molecule has 0 spiro atoms. The van der Waals surface area contributed by atoms with Gasteiger partial charge in [0.1, 0.15) is 0 Å². The number of aliphatic hydroxyl groups is 2. The van der Waals surface area contributed by atoms with Crippen molar-refractivity contribution in [1.29, 1.82) is 0 Å². The number of fused-ring (bicyclic) bond motifs is 1. The third kappa shape index (κ3) is 6.14. The van der Waals surface area contributed by atoms with Gasteiger partial charge in [0.2, 0.25) is 0 Å². The smallest absolute Gasteiger partial charge is 0.0536 e. The molecular formula is C20H22IrNO2-. The second kappa shape index (κ2) is 10.3. The van der Waals surface area contributed by atoms with E-state index in [1.807, 2.05) is 42.6 Å². The molecule has 24 heavy (non-hydrogen) atoms. The predicted octanol–water partition coefficient (Wildman–Crippen LogP) is 3.84. The Labute approximate surface area is 156 Å². The minimum atomic E-state index is -0.375. The van der Waals surface area contributed by atoms with Crippen LogP contribution in [-0.4, -0.2) is 27.4 Å². The first-order chi connectivity index (χ1) is 11.1. The van der Waals surface area contributed by atoms with Gasteiger partial charge >= 0.3 is 0 Å². The number of hydrogen-bond donors (Lipinski definition) is 2. The molecule has 0 saturated carbocycles. The number of pyridine rings is 1. The molecule has 2 N–H and O–H groups in total. The Morgan fingerprint density at radius 1 is 0.958 bits per heavy atom. The average Bonchev–Trinajstić information content (AvgIpc) is 2.54. The van der Waals surface area contributed by atoms with Crippen LogP contribution in [0.15, 0.2) is 60.8 Å². The zero-order valence-electron chi connectivity index (χ0n) is 13.8. The van der Waals surface area contributed by atoms with Crippen molar-refractivity contribution >= 4 is 10.8 Å². The maximum absolute atomic E-state index is 8.56. The first-order valence-corrected chi connectivity index (χ1v) is 7.75. The Hall–Kier alpha value is -1.58. The van der Waals surface area contributed by atoms with Crippen molar-refractivity contribution in [3.63, 3.8) is 0 Å². The number of benzene rings is 2. The van der Waals surface area contributed by atoms with Crippen molar-refractivity contribution in [2.75, 3.05) is 0 Å². The van der Waals surface area contributed by atoms with Crippen LogP contribution in [0.5, 0.6) is 0 Å². The second-order valence-corrected chi connectivity index (χ2v) is 5.59. The van der Waals surface area contributed by atoms with Crippen LogP contribution in [0.4, 0.5) is 0 Å². The third-order valence-electron chi connectivity index (χ3n) is 3.32. The van der Waals surface area contributed by atoms with Gasteiger partial charge in [0.25, 0.3) is 0 Å². The minimum absolute atomic E-state index is 0. The molecule has 2 aromatic carbocycles. The first kappa shape index (κ1) is 20.5. The molecular weight excluding hydrogens is 478 g/mol. The molecule has 2 unspecified atom stereocenters. The summed E-state index contributed by atoms with van der Waals surface area (Å²) in [6.07, 6.45) is 1.53. The van der Waals surface area contributed by atoms with E-state index in [0.717, 1.165) is 11.3 Å². The van der Waals surface area contributed by atoms with Gasteiger partial charge in [-0.25, -0.2) is 0 Å². The van der Waals surface area contributed by atoms with Crippen molar-refractivity contribution < 1.29 is 30.3 Å². The van der Waals surface area contributed by atoms with Crippen molar-refractivity contribution in [2.24, 2.45) is 0 Å². The van der Waals surface area contributed by atoms with Crippen LogP contribution in [0.1, 0.15) is 20.3 Å². The molecule has 0 fully saturated rings. The van der Waals surface area contributed by atoms with Gasteiger partial charge in [-0.05, 0) is 32.0 Å². The Kier molecular flexibility index (Phi) is 8.80. The summed E-state index contributed by atoms with van der Waals surface area (Å²) in [4.78, 5) is 4.37. The van der Waals surface area contributed by atoms with Crippen molar-refractivity contribution in [3.05, 3.63) is 66.9 Å². The van der Waals surface area contributed by atoms with Gasteiger partial charge in [0, 0.05) is 26.3 Å². The Balaban J connectivity index is 0.000000312. The predicted molar refractivity (Wildman–Crippen MR) is 94.0 cm³/mol. The van der Waals surface area contributed by atoms with E-state index in [-0.39, 0.29) is 32.3 Å². The molecule has 3 rings (SSSR count). The molecule has 129 valence electrons. The number of aliphatic hydroxyl groups excluding tert-OH is 2. The SMILES string of the molecule is CC(O)CC(C)O.[Ir].[c-]1ccc2ccccc2c1-c1ccccn1. The Morgan fingerprint density at radius 2 is 1.62 bits per heavy atom. The van der Waals surface area contributed by atoms with Crippen LogP contribution in [0.2, 0.25) is 0 Å². The fraction of sp³-hybridized carbons (Fsp3) is 0.250. The summed E-state index contributed by atoms with van der Waals surface area (Å²) in [5, 5.41) is 19.5. The molecule has 1 radical (unpaired) electrons. The molecule has 3 nitrogen and oxygen atoms in total. The number of rotatable bonds is 3. The fourth-order valence-corrected chi connectivity index (χ4v) is 2.38. The number of nitrogens with zero attached hydrogens (tertiary/aromatic N) is 1. The van der Waals surface area contributed by atoms with Gasteiger partial charge in [-0.1, -0.05) is 41.8 Å². The summed E-state index contributed by atoms with van der Waals surface area (Å²) in [7, 11) is 0.